The van der Waals surface area contributed by atoms with E-state index >= 15 is 0 Å². The van der Waals surface area contributed by atoms with Crippen LogP contribution in [-0.4, -0.2) is 4.98 Å². The van der Waals surface area contributed by atoms with Crippen LogP contribution in [0.25, 0.3) is 0 Å². The third kappa shape index (κ3) is 4.33. The van der Waals surface area contributed by atoms with Gasteiger partial charge in [-0.1, -0.05) is 0 Å². The molecule has 0 amide bonds. The van der Waals surface area contributed by atoms with Crippen LogP contribution >= 0.6 is 0 Å². The summed E-state index contributed by atoms with van der Waals surface area (Å²) in [5.41, 5.74) is 1.76. The number of aromatic amines is 1. The van der Waals surface area contributed by atoms with Crippen molar-refractivity contribution in [1.29, 1.82) is 0 Å². The van der Waals surface area contributed by atoms with E-state index in [2.05, 4.69) is 56.2 Å². The fourth-order valence-electron chi connectivity index (χ4n) is 1.80. The van der Waals surface area contributed by atoms with Crippen molar-refractivity contribution in [3.8, 4) is 0 Å². The molecule has 1 aromatic heterocycles. The molecule has 1 heterocycles. The standard InChI is InChI=1S/C8H12N.C5H5.2ClH.Ti/c1-8(2,3)7-4-5-9-6-7;1-2-4-5-3-1;;;/h4-5,9H,1-3H3;1-3H,4H2;2*1H;/q;;;;+2/p-2. The molecule has 1 N–H and O–H groups in total. The van der Waals surface area contributed by atoms with Crippen molar-refractivity contribution in [2.24, 2.45) is 0 Å². The number of allylic oxidation sites excluding steroid dienone is 4. The normalized spacial score (nSPS) is 13.5. The largest absolute Gasteiger partial charge is 1.00 e. The van der Waals surface area contributed by atoms with E-state index in [4.69, 9.17) is 0 Å². The summed E-state index contributed by atoms with van der Waals surface area (Å²) in [6.07, 6.45) is 9.97. The average Bonchev–Trinajstić information content (AvgIpc) is 2.73. The summed E-state index contributed by atoms with van der Waals surface area (Å²) in [6.45, 7) is 6.85. The van der Waals surface area contributed by atoms with E-state index in [1.165, 1.54) is 16.0 Å². The second kappa shape index (κ2) is 6.85. The number of hydrogen-bond acceptors (Lipinski definition) is 0. The molecule has 0 fully saturated rings. The summed E-state index contributed by atoms with van der Waals surface area (Å²) in [4.78, 5) is 3.43. The average molecular weight is 306 g/mol. The molecule has 0 saturated heterocycles. The Balaban J connectivity index is 0.00000128. The van der Waals surface area contributed by atoms with Crippen LogP contribution in [0.1, 0.15) is 32.8 Å². The van der Waals surface area contributed by atoms with Crippen LogP contribution in [0.5, 0.6) is 0 Å². The molecule has 1 aromatic rings. The minimum atomic E-state index is -0.126. The smallest absolute Gasteiger partial charge is 1.00 e. The van der Waals surface area contributed by atoms with Gasteiger partial charge in [0, 0.05) is 0 Å². The third-order valence-corrected chi connectivity index (χ3v) is 4.73. The van der Waals surface area contributed by atoms with E-state index in [0.717, 1.165) is 0 Å². The number of aromatic nitrogens is 1. The minimum Gasteiger partial charge on any atom is -1.00 e. The molecule has 0 radical (unpaired) electrons. The summed E-state index contributed by atoms with van der Waals surface area (Å²) < 4.78 is 3.13. The molecule has 0 atom stereocenters. The van der Waals surface area contributed by atoms with Gasteiger partial charge >= 0.3 is 101 Å². The quantitative estimate of drug-likeness (QED) is 0.556. The molecule has 1 aliphatic carbocycles. The Morgan fingerprint density at radius 2 is 1.94 bits per heavy atom. The van der Waals surface area contributed by atoms with Gasteiger partial charge in [0.2, 0.25) is 0 Å². The molecule has 1 nitrogen and oxygen atoms in total. The summed E-state index contributed by atoms with van der Waals surface area (Å²) >= 11 is -0.126. The summed E-state index contributed by atoms with van der Waals surface area (Å²) in [6, 6.07) is 2.24. The van der Waals surface area contributed by atoms with E-state index in [1.807, 2.05) is 0 Å². The molecular formula is C13H17Cl2NTi. The number of halogens is 2. The van der Waals surface area contributed by atoms with Crippen molar-refractivity contribution in [3.63, 3.8) is 0 Å². The Morgan fingerprint density at radius 3 is 2.47 bits per heavy atom. The zero-order valence-corrected chi connectivity index (χ0v) is 13.4. The predicted octanol–water partition coefficient (Wildman–Crippen LogP) is -3.13. The summed E-state index contributed by atoms with van der Waals surface area (Å²) in [7, 11) is 0. The van der Waals surface area contributed by atoms with E-state index in [9.17, 15) is 0 Å². The first-order valence-electron chi connectivity index (χ1n) is 5.38. The van der Waals surface area contributed by atoms with Crippen molar-refractivity contribution in [2.45, 2.75) is 32.6 Å². The van der Waals surface area contributed by atoms with Crippen LogP contribution < -0.4 is 28.8 Å². The minimum absolute atomic E-state index is 0. The van der Waals surface area contributed by atoms with Gasteiger partial charge in [0.25, 0.3) is 0 Å². The maximum Gasteiger partial charge on any atom is -1.00 e. The fourth-order valence-corrected chi connectivity index (χ4v) is 4.09. The number of rotatable bonds is 2. The molecule has 0 aliphatic heterocycles. The number of H-pyrrole nitrogens is 1. The zero-order chi connectivity index (χ0) is 10.9. The Morgan fingerprint density at radius 1 is 1.24 bits per heavy atom. The van der Waals surface area contributed by atoms with Crippen LogP contribution in [-0.2, 0) is 24.6 Å². The first-order valence-corrected chi connectivity index (χ1v) is 6.94. The van der Waals surface area contributed by atoms with Crippen LogP contribution in [0.3, 0.4) is 0 Å². The van der Waals surface area contributed by atoms with Crippen molar-refractivity contribution < 1.29 is 44.0 Å². The van der Waals surface area contributed by atoms with Gasteiger partial charge in [0.15, 0.2) is 0 Å². The summed E-state index contributed by atoms with van der Waals surface area (Å²) in [5.74, 6) is 0. The molecule has 0 bridgehead atoms. The maximum atomic E-state index is 3.43. The van der Waals surface area contributed by atoms with E-state index in [-0.39, 0.29) is 49.4 Å². The second-order valence-corrected chi connectivity index (χ2v) is 7.14. The number of hydrogen-bond donors (Lipinski definition) is 1. The molecule has 17 heavy (non-hydrogen) atoms. The fraction of sp³-hybridized carbons (Fsp3) is 0.385. The van der Waals surface area contributed by atoms with Gasteiger partial charge in [-0.05, 0) is 0 Å². The molecular weight excluding hydrogens is 289 g/mol. The Kier molecular flexibility index (Phi) is 6.87. The molecule has 0 unspecified atom stereocenters. The molecule has 2 rings (SSSR count). The van der Waals surface area contributed by atoms with E-state index < -0.39 is 0 Å². The predicted molar refractivity (Wildman–Crippen MR) is 61.0 cm³/mol. The van der Waals surface area contributed by atoms with Crippen LogP contribution in [0, 0.1) is 0 Å². The third-order valence-electron chi connectivity index (χ3n) is 2.61. The first-order chi connectivity index (χ1) is 7.07. The van der Waals surface area contributed by atoms with Crippen LogP contribution in [0.4, 0.5) is 0 Å². The molecule has 0 spiro atoms. The molecule has 4 heteroatoms. The second-order valence-electron chi connectivity index (χ2n) is 4.97. The van der Waals surface area contributed by atoms with Crippen LogP contribution in [0.2, 0.25) is 0 Å². The van der Waals surface area contributed by atoms with Crippen LogP contribution in [0.15, 0.2) is 34.4 Å². The van der Waals surface area contributed by atoms with Gasteiger partial charge in [0.1, 0.15) is 0 Å². The van der Waals surface area contributed by atoms with Gasteiger partial charge in [-0.15, -0.1) is 0 Å². The van der Waals surface area contributed by atoms with Crippen molar-refractivity contribution in [1.82, 2.24) is 4.98 Å². The Bertz CT molecular complexity index is 413. The van der Waals surface area contributed by atoms with Gasteiger partial charge < -0.3 is 24.8 Å². The van der Waals surface area contributed by atoms with Crippen molar-refractivity contribution >= 4 is 4.00 Å². The molecule has 0 aromatic carbocycles. The van der Waals surface area contributed by atoms with E-state index in [1.54, 1.807) is 3.88 Å². The van der Waals surface area contributed by atoms with Gasteiger partial charge in [0.05, 0.1) is 0 Å². The SMILES string of the molecule is CC(C)(C)c1cc[nH][c]1[Ti+2][C]1=CC=CC1.[Cl-].[Cl-]. The Hall–Kier alpha value is 0.0543. The summed E-state index contributed by atoms with van der Waals surface area (Å²) in [5, 5.41) is 0. The molecule has 1 aliphatic rings. The van der Waals surface area contributed by atoms with Gasteiger partial charge in [-0.25, -0.2) is 0 Å². The van der Waals surface area contributed by atoms with Gasteiger partial charge in [-0.2, -0.15) is 0 Å². The Labute approximate surface area is 125 Å². The monoisotopic (exact) mass is 305 g/mol. The molecule has 92 valence electrons. The van der Waals surface area contributed by atoms with Crippen molar-refractivity contribution in [2.75, 3.05) is 0 Å². The zero-order valence-electron chi connectivity index (χ0n) is 10.3. The van der Waals surface area contributed by atoms with Crippen molar-refractivity contribution in [3.05, 3.63) is 39.9 Å². The van der Waals surface area contributed by atoms with Gasteiger partial charge in [-0.3, -0.25) is 0 Å². The number of nitrogens with one attached hydrogen (secondary N) is 1. The van der Waals surface area contributed by atoms with E-state index in [0.29, 0.717) is 0 Å². The maximum absolute atomic E-state index is 3.43. The first kappa shape index (κ1) is 17.1. The molecule has 0 saturated carbocycles. The topological polar surface area (TPSA) is 15.8 Å².